The molecule has 0 saturated heterocycles. The number of rotatable bonds is 2. The summed E-state index contributed by atoms with van der Waals surface area (Å²) in [6.07, 6.45) is 2.89. The predicted molar refractivity (Wildman–Crippen MR) is 91.7 cm³/mol. The number of aliphatic hydroxyl groups is 1. The molecule has 116 valence electrons. The Bertz CT molecular complexity index is 604. The minimum atomic E-state index is 0. The van der Waals surface area contributed by atoms with E-state index in [2.05, 4.69) is 30.4 Å². The second-order valence-electron chi connectivity index (χ2n) is 5.24. The highest BCUT2D eigenvalue weighted by Gasteiger charge is 2.22. The van der Waals surface area contributed by atoms with Crippen molar-refractivity contribution in [2.24, 2.45) is 0 Å². The van der Waals surface area contributed by atoms with Gasteiger partial charge in [0.05, 0.1) is 5.52 Å². The highest BCUT2D eigenvalue weighted by molar-refractivity contribution is 5.85. The van der Waals surface area contributed by atoms with Gasteiger partial charge in [0.25, 0.3) is 0 Å². The molecule has 1 aliphatic rings. The Balaban J connectivity index is 0.00000110. The van der Waals surface area contributed by atoms with E-state index in [1.54, 1.807) is 0 Å². The van der Waals surface area contributed by atoms with Crippen molar-refractivity contribution in [3.05, 3.63) is 41.1 Å². The van der Waals surface area contributed by atoms with Gasteiger partial charge in [-0.25, -0.2) is 0 Å². The smallest absolute Gasteiger partial charge is 0.0708 e. The van der Waals surface area contributed by atoms with Crippen molar-refractivity contribution in [1.82, 2.24) is 10.3 Å². The second-order valence-corrected chi connectivity index (χ2v) is 5.24. The van der Waals surface area contributed by atoms with E-state index in [9.17, 15) is 5.11 Å². The van der Waals surface area contributed by atoms with Crippen LogP contribution in [-0.2, 0) is 6.42 Å². The molecular weight excluding hydrogens is 307 g/mol. The molecule has 2 heterocycles. The summed E-state index contributed by atoms with van der Waals surface area (Å²) < 4.78 is 0. The number of para-hydroxylation sites is 1. The molecular formula is C16H22Cl2N2O. The number of aliphatic hydroxyl groups excluding tert-OH is 1. The summed E-state index contributed by atoms with van der Waals surface area (Å²) in [6, 6.07) is 8.57. The first kappa shape index (κ1) is 18.2. The molecule has 0 amide bonds. The maximum Gasteiger partial charge on any atom is 0.0708 e. The van der Waals surface area contributed by atoms with Crippen LogP contribution in [0.15, 0.2) is 24.3 Å². The van der Waals surface area contributed by atoms with Crippen LogP contribution in [0.4, 0.5) is 0 Å². The van der Waals surface area contributed by atoms with Gasteiger partial charge in [-0.15, -0.1) is 24.8 Å². The maximum absolute atomic E-state index is 9.28. The molecule has 5 heteroatoms. The number of hydrogen-bond acceptors (Lipinski definition) is 3. The lowest BCUT2D eigenvalue weighted by molar-refractivity contribution is 0.266. The zero-order valence-corrected chi connectivity index (χ0v) is 13.8. The Morgan fingerprint density at radius 1 is 1.29 bits per heavy atom. The van der Waals surface area contributed by atoms with Crippen molar-refractivity contribution in [1.29, 1.82) is 0 Å². The van der Waals surface area contributed by atoms with Crippen LogP contribution in [0.2, 0.25) is 0 Å². The Morgan fingerprint density at radius 3 is 2.81 bits per heavy atom. The first-order valence-corrected chi connectivity index (χ1v) is 7.03. The molecule has 1 aromatic heterocycles. The average molecular weight is 329 g/mol. The number of aryl methyl sites for hydroxylation is 2. The highest BCUT2D eigenvalue weighted by Crippen LogP contribution is 2.31. The molecule has 1 atom stereocenters. The predicted octanol–water partition coefficient (Wildman–Crippen LogP) is 3.35. The highest BCUT2D eigenvalue weighted by atomic mass is 35.5. The standard InChI is InChI=1S/C16H20N2O.2ClH/c1-11-12-5-2-3-6-13(12)18-15-7-4-9-17-14(8-10-19)16(11)15;;/h2-3,5-6,14,17,19H,4,7-10H2,1H3;2*1H. The van der Waals surface area contributed by atoms with Crippen molar-refractivity contribution in [3.63, 3.8) is 0 Å². The molecule has 1 aliphatic heterocycles. The third-order valence-corrected chi connectivity index (χ3v) is 4.03. The quantitative estimate of drug-likeness (QED) is 0.888. The van der Waals surface area contributed by atoms with Crippen LogP contribution in [0.3, 0.4) is 0 Å². The Kier molecular flexibility index (Phi) is 6.88. The molecule has 0 saturated carbocycles. The van der Waals surface area contributed by atoms with Gasteiger partial charge in [0.1, 0.15) is 0 Å². The zero-order valence-electron chi connectivity index (χ0n) is 12.1. The molecule has 1 unspecified atom stereocenters. The van der Waals surface area contributed by atoms with Gasteiger partial charge >= 0.3 is 0 Å². The number of fused-ring (bicyclic) bond motifs is 2. The van der Waals surface area contributed by atoms with E-state index < -0.39 is 0 Å². The van der Waals surface area contributed by atoms with E-state index in [1.165, 1.54) is 22.2 Å². The molecule has 21 heavy (non-hydrogen) atoms. The number of nitrogens with one attached hydrogen (secondary N) is 1. The van der Waals surface area contributed by atoms with E-state index in [4.69, 9.17) is 4.98 Å². The first-order chi connectivity index (χ1) is 9.31. The van der Waals surface area contributed by atoms with Crippen LogP contribution in [0.25, 0.3) is 10.9 Å². The van der Waals surface area contributed by atoms with Crippen LogP contribution in [0.5, 0.6) is 0 Å². The molecule has 2 N–H and O–H groups in total. The van der Waals surface area contributed by atoms with Crippen LogP contribution in [0.1, 0.15) is 35.7 Å². The molecule has 3 nitrogen and oxygen atoms in total. The fourth-order valence-corrected chi connectivity index (χ4v) is 3.12. The van der Waals surface area contributed by atoms with E-state index in [0.717, 1.165) is 31.3 Å². The number of aromatic nitrogens is 1. The summed E-state index contributed by atoms with van der Waals surface area (Å²) in [5.41, 5.74) is 4.92. The van der Waals surface area contributed by atoms with Crippen LogP contribution < -0.4 is 5.32 Å². The van der Waals surface area contributed by atoms with Crippen LogP contribution in [0, 0.1) is 6.92 Å². The topological polar surface area (TPSA) is 45.2 Å². The number of hydrogen-bond donors (Lipinski definition) is 2. The van der Waals surface area contributed by atoms with Gasteiger partial charge in [0.15, 0.2) is 0 Å². The lowest BCUT2D eigenvalue weighted by Gasteiger charge is -2.21. The summed E-state index contributed by atoms with van der Waals surface area (Å²) in [4.78, 5) is 4.85. The van der Waals surface area contributed by atoms with Gasteiger partial charge in [-0.1, -0.05) is 18.2 Å². The molecule has 0 bridgehead atoms. The summed E-state index contributed by atoms with van der Waals surface area (Å²) in [7, 11) is 0. The third kappa shape index (κ3) is 3.49. The largest absolute Gasteiger partial charge is 0.396 e. The normalized spacial score (nSPS) is 17.3. The molecule has 3 rings (SSSR count). The van der Waals surface area contributed by atoms with Gasteiger partial charge in [-0.05, 0) is 49.9 Å². The lowest BCUT2D eigenvalue weighted by Crippen LogP contribution is -2.23. The zero-order chi connectivity index (χ0) is 13.2. The first-order valence-electron chi connectivity index (χ1n) is 7.03. The molecule has 0 radical (unpaired) electrons. The van der Waals surface area contributed by atoms with Crippen molar-refractivity contribution < 1.29 is 5.11 Å². The van der Waals surface area contributed by atoms with E-state index in [0.29, 0.717) is 0 Å². The second kappa shape index (κ2) is 7.95. The van der Waals surface area contributed by atoms with Crippen molar-refractivity contribution >= 4 is 35.7 Å². The van der Waals surface area contributed by atoms with Gasteiger partial charge in [0.2, 0.25) is 0 Å². The summed E-state index contributed by atoms with van der Waals surface area (Å²) in [5.74, 6) is 0. The molecule has 0 aliphatic carbocycles. The summed E-state index contributed by atoms with van der Waals surface area (Å²) in [6.45, 7) is 3.39. The van der Waals surface area contributed by atoms with Crippen LogP contribution >= 0.6 is 24.8 Å². The Morgan fingerprint density at radius 2 is 2.05 bits per heavy atom. The lowest BCUT2D eigenvalue weighted by atomic mass is 9.94. The van der Waals surface area contributed by atoms with E-state index >= 15 is 0 Å². The van der Waals surface area contributed by atoms with E-state index in [-0.39, 0.29) is 37.5 Å². The average Bonchev–Trinajstić information content (AvgIpc) is 2.62. The molecule has 1 aromatic carbocycles. The van der Waals surface area contributed by atoms with Gasteiger partial charge in [0, 0.05) is 23.7 Å². The number of halogens is 2. The monoisotopic (exact) mass is 328 g/mol. The van der Waals surface area contributed by atoms with Crippen molar-refractivity contribution in [3.8, 4) is 0 Å². The van der Waals surface area contributed by atoms with Crippen molar-refractivity contribution in [2.45, 2.75) is 32.2 Å². The maximum atomic E-state index is 9.28. The van der Waals surface area contributed by atoms with Crippen LogP contribution in [-0.4, -0.2) is 23.2 Å². The molecule has 2 aromatic rings. The number of benzene rings is 1. The number of pyridine rings is 1. The fraction of sp³-hybridized carbons (Fsp3) is 0.438. The Labute approximate surface area is 138 Å². The summed E-state index contributed by atoms with van der Waals surface area (Å²) >= 11 is 0. The minimum absolute atomic E-state index is 0. The summed E-state index contributed by atoms with van der Waals surface area (Å²) in [5, 5.41) is 14.1. The molecule has 0 spiro atoms. The van der Waals surface area contributed by atoms with Gasteiger partial charge < -0.3 is 10.4 Å². The van der Waals surface area contributed by atoms with E-state index in [1.807, 2.05) is 6.07 Å². The Hall–Kier alpha value is -0.870. The van der Waals surface area contributed by atoms with Crippen molar-refractivity contribution in [2.75, 3.05) is 13.2 Å². The molecule has 0 fully saturated rings. The number of nitrogens with zero attached hydrogens (tertiary/aromatic N) is 1. The van der Waals surface area contributed by atoms with Gasteiger partial charge in [-0.3, -0.25) is 4.98 Å². The minimum Gasteiger partial charge on any atom is -0.396 e. The SMILES string of the molecule is Cc1c2c(nc3ccccc13)CCCNC2CCO.Cl.Cl. The van der Waals surface area contributed by atoms with Gasteiger partial charge in [-0.2, -0.15) is 0 Å². The third-order valence-electron chi connectivity index (χ3n) is 4.03. The fourth-order valence-electron chi connectivity index (χ4n) is 3.12.